The highest BCUT2D eigenvalue weighted by Crippen LogP contribution is 2.25. The number of rotatable bonds is 6. The van der Waals surface area contributed by atoms with Crippen molar-refractivity contribution >= 4 is 33.2 Å². The maximum Gasteiger partial charge on any atom is 0.242 e. The molecule has 1 saturated heterocycles. The summed E-state index contributed by atoms with van der Waals surface area (Å²) < 4.78 is 33.5. The lowest BCUT2D eigenvalue weighted by molar-refractivity contribution is 0.114. The molecule has 3 rings (SSSR count). The number of nitrogens with one attached hydrogen (secondary N) is 1. The van der Waals surface area contributed by atoms with Crippen molar-refractivity contribution in [2.24, 2.45) is 0 Å². The maximum absolute atomic E-state index is 12.5. The van der Waals surface area contributed by atoms with Gasteiger partial charge in [0, 0.05) is 24.7 Å². The van der Waals surface area contributed by atoms with Gasteiger partial charge in [-0.05, 0) is 55.8 Å². The van der Waals surface area contributed by atoms with E-state index >= 15 is 0 Å². The van der Waals surface area contributed by atoms with Gasteiger partial charge in [0.1, 0.15) is 16.7 Å². The van der Waals surface area contributed by atoms with Gasteiger partial charge in [-0.3, -0.25) is 0 Å². The van der Waals surface area contributed by atoms with Gasteiger partial charge >= 0.3 is 0 Å². The molecule has 146 valence electrons. The summed E-state index contributed by atoms with van der Waals surface area (Å²) in [7, 11) is -1.64. The zero-order valence-corrected chi connectivity index (χ0v) is 17.3. The summed E-state index contributed by atoms with van der Waals surface area (Å²) in [5.74, 6) is 0.800. The van der Waals surface area contributed by atoms with Crippen molar-refractivity contribution in [1.82, 2.24) is 9.62 Å². The van der Waals surface area contributed by atoms with E-state index in [1.165, 1.54) is 12.1 Å². The quantitative estimate of drug-likeness (QED) is 0.756. The Morgan fingerprint density at radius 1 is 1.11 bits per heavy atom. The number of nitrogens with zero attached hydrogens (tertiary/aromatic N) is 1. The van der Waals surface area contributed by atoms with E-state index in [9.17, 15) is 8.42 Å². The molecule has 0 saturated carbocycles. The van der Waals surface area contributed by atoms with E-state index in [1.807, 2.05) is 24.3 Å². The number of likely N-dealkylation sites (tertiary alicyclic amines) is 1. The summed E-state index contributed by atoms with van der Waals surface area (Å²) >= 11 is 11.9. The molecule has 0 radical (unpaired) electrons. The summed E-state index contributed by atoms with van der Waals surface area (Å²) in [5.41, 5.74) is 0.826. The van der Waals surface area contributed by atoms with Gasteiger partial charge in [-0.25, -0.2) is 13.1 Å². The van der Waals surface area contributed by atoms with E-state index in [4.69, 9.17) is 27.9 Å². The first-order valence-electron chi connectivity index (χ1n) is 8.72. The number of piperidine rings is 1. The third-order valence-corrected chi connectivity index (χ3v) is 6.66. The van der Waals surface area contributed by atoms with Crippen molar-refractivity contribution in [2.45, 2.75) is 30.4 Å². The Hall–Kier alpha value is -1.31. The van der Waals surface area contributed by atoms with E-state index in [0.717, 1.165) is 37.2 Å². The summed E-state index contributed by atoms with van der Waals surface area (Å²) in [6, 6.07) is 11.8. The first-order chi connectivity index (χ1) is 12.8. The fourth-order valence-electron chi connectivity index (χ4n) is 2.92. The standard InChI is InChI=1S/C19H22Cl2N2O3S/c1-23-10-8-17(9-11-23)26-16-5-2-14(3-6-16)13-22-27(24,25)19-12-15(20)4-7-18(19)21/h2-7,12,17,22H,8-11,13H2,1H3. The molecule has 0 atom stereocenters. The van der Waals surface area contributed by atoms with Crippen molar-refractivity contribution in [3.05, 3.63) is 58.1 Å². The largest absolute Gasteiger partial charge is 0.490 e. The molecule has 0 aromatic heterocycles. The van der Waals surface area contributed by atoms with E-state index in [1.54, 1.807) is 6.07 Å². The van der Waals surface area contributed by atoms with Gasteiger partial charge in [0.15, 0.2) is 0 Å². The normalized spacial score (nSPS) is 16.4. The van der Waals surface area contributed by atoms with Crippen LogP contribution >= 0.6 is 23.2 Å². The minimum absolute atomic E-state index is 0.0288. The summed E-state index contributed by atoms with van der Waals surface area (Å²) in [4.78, 5) is 2.26. The molecule has 1 N–H and O–H groups in total. The molecule has 0 bridgehead atoms. The van der Waals surface area contributed by atoms with Crippen LogP contribution in [0.2, 0.25) is 10.0 Å². The molecule has 5 nitrogen and oxygen atoms in total. The number of ether oxygens (including phenoxy) is 1. The monoisotopic (exact) mass is 428 g/mol. The molecule has 0 aliphatic carbocycles. The molecule has 2 aromatic carbocycles. The second kappa shape index (κ2) is 8.80. The Bertz CT molecular complexity index is 880. The molecule has 1 aliphatic heterocycles. The Labute approximate surface area is 170 Å². The van der Waals surface area contributed by atoms with E-state index in [2.05, 4.69) is 16.7 Å². The number of benzene rings is 2. The molecule has 1 heterocycles. The van der Waals surface area contributed by atoms with Crippen molar-refractivity contribution in [3.8, 4) is 5.75 Å². The SMILES string of the molecule is CN1CCC(Oc2ccc(CNS(=O)(=O)c3cc(Cl)ccc3Cl)cc2)CC1. The highest BCUT2D eigenvalue weighted by molar-refractivity contribution is 7.89. The van der Waals surface area contributed by atoms with Crippen molar-refractivity contribution < 1.29 is 13.2 Å². The van der Waals surface area contributed by atoms with Gasteiger partial charge in [-0.15, -0.1) is 0 Å². The summed E-state index contributed by atoms with van der Waals surface area (Å²) in [5, 5.41) is 0.448. The Balaban J connectivity index is 1.59. The molecular formula is C19H22Cl2N2O3S. The molecule has 0 spiro atoms. The molecule has 2 aromatic rings. The van der Waals surface area contributed by atoms with Gasteiger partial charge in [-0.1, -0.05) is 35.3 Å². The smallest absolute Gasteiger partial charge is 0.242 e. The predicted molar refractivity (Wildman–Crippen MR) is 108 cm³/mol. The first kappa shape index (κ1) is 20.4. The Kier molecular flexibility index (Phi) is 6.65. The fraction of sp³-hybridized carbons (Fsp3) is 0.368. The lowest BCUT2D eigenvalue weighted by Gasteiger charge is -2.29. The molecule has 0 unspecified atom stereocenters. The van der Waals surface area contributed by atoms with Crippen LogP contribution in [0.15, 0.2) is 47.4 Å². The van der Waals surface area contributed by atoms with Crippen LogP contribution in [0, 0.1) is 0 Å². The molecule has 1 aliphatic rings. The average Bonchev–Trinajstić information content (AvgIpc) is 2.65. The average molecular weight is 429 g/mol. The van der Waals surface area contributed by atoms with E-state index in [0.29, 0.717) is 5.02 Å². The zero-order valence-electron chi connectivity index (χ0n) is 15.0. The van der Waals surface area contributed by atoms with Crippen LogP contribution < -0.4 is 9.46 Å². The van der Waals surface area contributed by atoms with Gasteiger partial charge in [-0.2, -0.15) is 0 Å². The predicted octanol–water partition coefficient (Wildman–Crippen LogP) is 3.94. The van der Waals surface area contributed by atoms with Gasteiger partial charge in [0.05, 0.1) is 5.02 Å². The van der Waals surface area contributed by atoms with Gasteiger partial charge in [0.25, 0.3) is 0 Å². The zero-order chi connectivity index (χ0) is 19.4. The van der Waals surface area contributed by atoms with Crippen molar-refractivity contribution in [2.75, 3.05) is 20.1 Å². The van der Waals surface area contributed by atoms with Crippen LogP contribution in [0.1, 0.15) is 18.4 Å². The minimum Gasteiger partial charge on any atom is -0.490 e. The third-order valence-electron chi connectivity index (χ3n) is 4.54. The second-order valence-electron chi connectivity index (χ2n) is 6.66. The molecule has 8 heteroatoms. The van der Waals surface area contributed by atoms with Crippen LogP contribution in [-0.4, -0.2) is 39.6 Å². The lowest BCUT2D eigenvalue weighted by Crippen LogP contribution is -2.35. The van der Waals surface area contributed by atoms with Crippen molar-refractivity contribution in [3.63, 3.8) is 0 Å². The molecule has 27 heavy (non-hydrogen) atoms. The maximum atomic E-state index is 12.5. The van der Waals surface area contributed by atoms with Gasteiger partial charge in [0.2, 0.25) is 10.0 Å². The highest BCUT2D eigenvalue weighted by Gasteiger charge is 2.19. The van der Waals surface area contributed by atoms with Crippen LogP contribution in [0.25, 0.3) is 0 Å². The highest BCUT2D eigenvalue weighted by atomic mass is 35.5. The Morgan fingerprint density at radius 3 is 2.44 bits per heavy atom. The van der Waals surface area contributed by atoms with Crippen LogP contribution in [0.4, 0.5) is 0 Å². The van der Waals surface area contributed by atoms with Crippen LogP contribution in [-0.2, 0) is 16.6 Å². The molecule has 0 amide bonds. The molecule has 1 fully saturated rings. The van der Waals surface area contributed by atoms with E-state index in [-0.39, 0.29) is 22.6 Å². The van der Waals surface area contributed by atoms with E-state index < -0.39 is 10.0 Å². The fourth-order valence-corrected chi connectivity index (χ4v) is 4.70. The van der Waals surface area contributed by atoms with Crippen molar-refractivity contribution in [1.29, 1.82) is 0 Å². The first-order valence-corrected chi connectivity index (χ1v) is 11.0. The number of hydrogen-bond acceptors (Lipinski definition) is 4. The van der Waals surface area contributed by atoms with Crippen LogP contribution in [0.3, 0.4) is 0 Å². The van der Waals surface area contributed by atoms with Crippen LogP contribution in [0.5, 0.6) is 5.75 Å². The number of sulfonamides is 1. The Morgan fingerprint density at radius 2 is 1.78 bits per heavy atom. The number of halogens is 2. The topological polar surface area (TPSA) is 58.6 Å². The second-order valence-corrected chi connectivity index (χ2v) is 9.24. The summed E-state index contributed by atoms with van der Waals surface area (Å²) in [6.07, 6.45) is 2.26. The number of hydrogen-bond donors (Lipinski definition) is 1. The summed E-state index contributed by atoms with van der Waals surface area (Å²) in [6.45, 7) is 2.23. The third kappa shape index (κ3) is 5.59. The minimum atomic E-state index is -3.75. The lowest BCUT2D eigenvalue weighted by atomic mass is 10.1. The molecular weight excluding hydrogens is 407 g/mol. The van der Waals surface area contributed by atoms with Gasteiger partial charge < -0.3 is 9.64 Å².